The Hall–Kier alpha value is -1.97. The van der Waals surface area contributed by atoms with Crippen LogP contribution in [-0.2, 0) is 6.54 Å². The van der Waals surface area contributed by atoms with Crippen LogP contribution < -0.4 is 10.6 Å². The van der Waals surface area contributed by atoms with Crippen LogP contribution in [0.25, 0.3) is 0 Å². The highest BCUT2D eigenvalue weighted by Crippen LogP contribution is 2.13. The molecule has 4 heteroatoms. The minimum Gasteiger partial charge on any atom is -0.467 e. The lowest BCUT2D eigenvalue weighted by atomic mass is 10.3. The van der Waals surface area contributed by atoms with Gasteiger partial charge in [-0.3, -0.25) is 0 Å². The number of rotatable bonds is 3. The van der Waals surface area contributed by atoms with E-state index in [0.717, 1.165) is 11.6 Å². The zero-order valence-corrected chi connectivity index (χ0v) is 8.55. The van der Waals surface area contributed by atoms with Gasteiger partial charge in [0.05, 0.1) is 24.7 Å². The number of nitrogen functional groups attached to an aromatic ring is 1. The molecule has 2 rings (SSSR count). The standard InChI is InChI=1S/C11H13N3O/c1-14(8-10-3-2-6-15-10)11-5-4-9(12)7-13-11/h2-7H,8,12H2,1H3. The van der Waals surface area contributed by atoms with Crippen molar-refractivity contribution in [3.8, 4) is 0 Å². The molecule has 0 radical (unpaired) electrons. The molecule has 0 saturated carbocycles. The van der Waals surface area contributed by atoms with Gasteiger partial charge in [-0.15, -0.1) is 0 Å². The van der Waals surface area contributed by atoms with Crippen LogP contribution in [0.1, 0.15) is 5.76 Å². The van der Waals surface area contributed by atoms with Gasteiger partial charge in [0.2, 0.25) is 0 Å². The zero-order chi connectivity index (χ0) is 10.7. The Morgan fingerprint density at radius 3 is 2.87 bits per heavy atom. The van der Waals surface area contributed by atoms with Crippen LogP contribution in [-0.4, -0.2) is 12.0 Å². The molecule has 78 valence electrons. The molecule has 0 aliphatic heterocycles. The minimum atomic E-state index is 0.671. The van der Waals surface area contributed by atoms with Crippen LogP contribution in [0.5, 0.6) is 0 Å². The summed E-state index contributed by atoms with van der Waals surface area (Å²) in [5, 5.41) is 0. The number of aromatic nitrogens is 1. The number of nitrogens with zero attached hydrogens (tertiary/aromatic N) is 2. The quantitative estimate of drug-likeness (QED) is 0.827. The predicted molar refractivity (Wildman–Crippen MR) is 59.5 cm³/mol. The van der Waals surface area contributed by atoms with Gasteiger partial charge in [0.25, 0.3) is 0 Å². The molecule has 0 amide bonds. The van der Waals surface area contributed by atoms with Crippen LogP contribution in [0.4, 0.5) is 11.5 Å². The lowest BCUT2D eigenvalue weighted by Gasteiger charge is -2.16. The average Bonchev–Trinajstić information content (AvgIpc) is 2.71. The highest BCUT2D eigenvalue weighted by molar-refractivity contribution is 5.45. The summed E-state index contributed by atoms with van der Waals surface area (Å²) in [6.45, 7) is 0.698. The molecule has 0 atom stereocenters. The summed E-state index contributed by atoms with van der Waals surface area (Å²) < 4.78 is 5.26. The van der Waals surface area contributed by atoms with Crippen molar-refractivity contribution in [2.75, 3.05) is 17.7 Å². The summed E-state index contributed by atoms with van der Waals surface area (Å²) in [6, 6.07) is 7.53. The number of nitrogens with two attached hydrogens (primary N) is 1. The van der Waals surface area contributed by atoms with E-state index in [0.29, 0.717) is 12.2 Å². The molecule has 0 bridgehead atoms. The van der Waals surface area contributed by atoms with Crippen molar-refractivity contribution in [2.24, 2.45) is 0 Å². The maximum absolute atomic E-state index is 5.56. The van der Waals surface area contributed by atoms with E-state index in [-0.39, 0.29) is 0 Å². The molecule has 0 saturated heterocycles. The Kier molecular flexibility index (Phi) is 2.58. The molecule has 0 spiro atoms. The first-order valence-electron chi connectivity index (χ1n) is 4.71. The number of anilines is 2. The van der Waals surface area contributed by atoms with Gasteiger partial charge in [-0.2, -0.15) is 0 Å². The first kappa shape index (κ1) is 9.58. The fourth-order valence-electron chi connectivity index (χ4n) is 1.34. The lowest BCUT2D eigenvalue weighted by Crippen LogP contribution is -2.17. The van der Waals surface area contributed by atoms with Crippen molar-refractivity contribution in [2.45, 2.75) is 6.54 Å². The molecule has 0 aliphatic rings. The highest BCUT2D eigenvalue weighted by atomic mass is 16.3. The van der Waals surface area contributed by atoms with Crippen molar-refractivity contribution >= 4 is 11.5 Å². The molecule has 0 fully saturated rings. The maximum atomic E-state index is 5.56. The topological polar surface area (TPSA) is 55.3 Å². The molecular formula is C11H13N3O. The van der Waals surface area contributed by atoms with Crippen LogP contribution in [0.15, 0.2) is 41.1 Å². The van der Waals surface area contributed by atoms with Crippen molar-refractivity contribution in [3.05, 3.63) is 42.5 Å². The third-order valence-corrected chi connectivity index (χ3v) is 2.13. The molecule has 0 unspecified atom stereocenters. The molecule has 0 aromatic carbocycles. The molecule has 2 aromatic heterocycles. The summed E-state index contributed by atoms with van der Waals surface area (Å²) in [5.41, 5.74) is 6.23. The van der Waals surface area contributed by atoms with E-state index in [9.17, 15) is 0 Å². The van der Waals surface area contributed by atoms with E-state index in [4.69, 9.17) is 10.2 Å². The summed E-state index contributed by atoms with van der Waals surface area (Å²) in [7, 11) is 1.96. The smallest absolute Gasteiger partial charge is 0.128 e. The number of furan rings is 1. The molecule has 4 nitrogen and oxygen atoms in total. The summed E-state index contributed by atoms with van der Waals surface area (Å²) >= 11 is 0. The van der Waals surface area contributed by atoms with Gasteiger partial charge in [-0.05, 0) is 24.3 Å². The molecular weight excluding hydrogens is 190 g/mol. The van der Waals surface area contributed by atoms with E-state index < -0.39 is 0 Å². The van der Waals surface area contributed by atoms with Gasteiger partial charge < -0.3 is 15.1 Å². The summed E-state index contributed by atoms with van der Waals surface area (Å²) in [4.78, 5) is 6.22. The zero-order valence-electron chi connectivity index (χ0n) is 8.55. The number of hydrogen-bond acceptors (Lipinski definition) is 4. The Bertz CT molecular complexity index is 408. The van der Waals surface area contributed by atoms with Gasteiger partial charge in [-0.1, -0.05) is 0 Å². The molecule has 2 heterocycles. The normalized spacial score (nSPS) is 10.2. The Labute approximate surface area is 88.3 Å². The largest absolute Gasteiger partial charge is 0.467 e. The number of pyridine rings is 1. The van der Waals surface area contributed by atoms with E-state index in [2.05, 4.69) is 4.98 Å². The van der Waals surface area contributed by atoms with Crippen molar-refractivity contribution < 1.29 is 4.42 Å². The second kappa shape index (κ2) is 4.04. The van der Waals surface area contributed by atoms with Crippen LogP contribution >= 0.6 is 0 Å². The minimum absolute atomic E-state index is 0.671. The molecule has 2 N–H and O–H groups in total. The summed E-state index contributed by atoms with van der Waals surface area (Å²) in [5.74, 6) is 1.79. The second-order valence-corrected chi connectivity index (χ2v) is 3.39. The van der Waals surface area contributed by atoms with Crippen molar-refractivity contribution in [1.29, 1.82) is 0 Å². The van der Waals surface area contributed by atoms with E-state index >= 15 is 0 Å². The van der Waals surface area contributed by atoms with Gasteiger partial charge in [-0.25, -0.2) is 4.98 Å². The predicted octanol–water partition coefficient (Wildman–Crippen LogP) is 1.89. The van der Waals surface area contributed by atoms with Gasteiger partial charge in [0.15, 0.2) is 0 Å². The third kappa shape index (κ3) is 2.28. The van der Waals surface area contributed by atoms with E-state index in [1.54, 1.807) is 12.5 Å². The van der Waals surface area contributed by atoms with Crippen molar-refractivity contribution in [1.82, 2.24) is 4.98 Å². The first-order valence-corrected chi connectivity index (χ1v) is 4.71. The van der Waals surface area contributed by atoms with Gasteiger partial charge in [0.1, 0.15) is 11.6 Å². The Balaban J connectivity index is 2.08. The fourth-order valence-corrected chi connectivity index (χ4v) is 1.34. The first-order chi connectivity index (χ1) is 7.25. The van der Waals surface area contributed by atoms with E-state index in [1.165, 1.54) is 0 Å². The van der Waals surface area contributed by atoms with Gasteiger partial charge >= 0.3 is 0 Å². The molecule has 15 heavy (non-hydrogen) atoms. The monoisotopic (exact) mass is 203 g/mol. The summed E-state index contributed by atoms with van der Waals surface area (Å²) in [6.07, 6.45) is 3.31. The van der Waals surface area contributed by atoms with Crippen LogP contribution in [0.2, 0.25) is 0 Å². The third-order valence-electron chi connectivity index (χ3n) is 2.13. The lowest BCUT2D eigenvalue weighted by molar-refractivity contribution is 0.507. The Morgan fingerprint density at radius 2 is 2.27 bits per heavy atom. The average molecular weight is 203 g/mol. The van der Waals surface area contributed by atoms with Crippen LogP contribution in [0, 0.1) is 0 Å². The van der Waals surface area contributed by atoms with Gasteiger partial charge in [0, 0.05) is 7.05 Å². The molecule has 0 aliphatic carbocycles. The Morgan fingerprint density at radius 1 is 1.40 bits per heavy atom. The highest BCUT2D eigenvalue weighted by Gasteiger charge is 2.04. The molecule has 2 aromatic rings. The maximum Gasteiger partial charge on any atom is 0.128 e. The van der Waals surface area contributed by atoms with E-state index in [1.807, 2.05) is 36.2 Å². The van der Waals surface area contributed by atoms with Crippen LogP contribution in [0.3, 0.4) is 0 Å². The fraction of sp³-hybridized carbons (Fsp3) is 0.182. The van der Waals surface area contributed by atoms with Crippen molar-refractivity contribution in [3.63, 3.8) is 0 Å². The number of hydrogen-bond donors (Lipinski definition) is 1. The SMILES string of the molecule is CN(Cc1ccco1)c1ccc(N)cn1. The second-order valence-electron chi connectivity index (χ2n) is 3.39.